The van der Waals surface area contributed by atoms with Crippen LogP contribution in [0.5, 0.6) is 0 Å². The van der Waals surface area contributed by atoms with Crippen LogP contribution in [0.2, 0.25) is 0 Å². The molecule has 9 heteroatoms. The fourth-order valence-corrected chi connectivity index (χ4v) is 6.56. The van der Waals surface area contributed by atoms with Crippen molar-refractivity contribution in [3.8, 4) is 11.3 Å². The van der Waals surface area contributed by atoms with Gasteiger partial charge in [0.1, 0.15) is 5.82 Å². The number of ether oxygens (including phenoxy) is 1. The zero-order chi connectivity index (χ0) is 27.5. The van der Waals surface area contributed by atoms with Crippen LogP contribution < -0.4 is 5.32 Å². The van der Waals surface area contributed by atoms with Gasteiger partial charge in [0.25, 0.3) is 0 Å². The molecule has 1 N–H and O–H groups in total. The minimum absolute atomic E-state index is 0.0968. The first-order chi connectivity index (χ1) is 17.6. The minimum Gasteiger partial charge on any atom is -0.370 e. The molecule has 1 aliphatic carbocycles. The second-order valence-electron chi connectivity index (χ2n) is 11.8. The summed E-state index contributed by atoms with van der Waals surface area (Å²) in [4.78, 5) is 5.53. The van der Waals surface area contributed by atoms with Crippen molar-refractivity contribution in [2.75, 3.05) is 24.9 Å². The molecule has 3 atom stereocenters. The molecule has 196 valence electrons. The van der Waals surface area contributed by atoms with Crippen LogP contribution in [0.3, 0.4) is 0 Å². The molecular formula is C27H36F3N5O. The Kier molecular flexibility index (Phi) is 5.88. The van der Waals surface area contributed by atoms with Crippen LogP contribution in [0.4, 0.5) is 19.0 Å². The van der Waals surface area contributed by atoms with Crippen molar-refractivity contribution in [2.24, 2.45) is 17.8 Å². The number of nitrogens with one attached hydrogen (secondary N) is 1. The quantitative estimate of drug-likeness (QED) is 0.566. The molecule has 0 aromatic carbocycles. The van der Waals surface area contributed by atoms with Gasteiger partial charge in [-0.25, -0.2) is 0 Å². The van der Waals surface area contributed by atoms with E-state index in [0.29, 0.717) is 30.5 Å². The molecule has 6 nitrogen and oxygen atoms in total. The van der Waals surface area contributed by atoms with Gasteiger partial charge in [0, 0.05) is 40.1 Å². The third-order valence-corrected chi connectivity index (χ3v) is 7.51. The lowest BCUT2D eigenvalue weighted by Gasteiger charge is -2.46. The van der Waals surface area contributed by atoms with Gasteiger partial charge >= 0.3 is 6.18 Å². The van der Waals surface area contributed by atoms with E-state index in [1.165, 1.54) is 18.2 Å². The first kappa shape index (κ1) is 22.9. The van der Waals surface area contributed by atoms with Crippen LogP contribution in [0.25, 0.3) is 11.3 Å². The Hall–Kier alpha value is -2.26. The van der Waals surface area contributed by atoms with Gasteiger partial charge in [-0.1, -0.05) is 0 Å². The van der Waals surface area contributed by atoms with Crippen LogP contribution in [0, 0.1) is 17.8 Å². The van der Waals surface area contributed by atoms with Crippen molar-refractivity contribution in [3.05, 3.63) is 36.2 Å². The lowest BCUT2D eigenvalue weighted by molar-refractivity contribution is -0.174. The van der Waals surface area contributed by atoms with Gasteiger partial charge in [-0.15, -0.1) is 10.2 Å². The van der Waals surface area contributed by atoms with Crippen molar-refractivity contribution >= 4 is 5.82 Å². The number of fused-ring (bicyclic) bond motifs is 1. The van der Waals surface area contributed by atoms with Gasteiger partial charge in [0.05, 0.1) is 16.9 Å². The SMILES string of the molecule is [2H]C([2H])(C1CC(C)(C)OC(C)(C)C1)N1C[C@H]2CC(Nc3ccc(-c4cccnc4C(F)(F)F)nn3)C[C@H]2C1. The third-order valence-electron chi connectivity index (χ3n) is 7.51. The van der Waals surface area contributed by atoms with E-state index in [4.69, 9.17) is 7.48 Å². The van der Waals surface area contributed by atoms with Gasteiger partial charge < -0.3 is 15.0 Å². The van der Waals surface area contributed by atoms with Crippen LogP contribution in [0.15, 0.2) is 30.5 Å². The molecule has 4 heterocycles. The summed E-state index contributed by atoms with van der Waals surface area (Å²) in [5, 5.41) is 11.6. The van der Waals surface area contributed by atoms with Crippen LogP contribution >= 0.6 is 0 Å². The largest absolute Gasteiger partial charge is 0.434 e. The Labute approximate surface area is 213 Å². The monoisotopic (exact) mass is 505 g/mol. The molecule has 0 amide bonds. The molecule has 0 bridgehead atoms. The molecule has 3 fully saturated rings. The fraction of sp³-hybridized carbons (Fsp3) is 0.667. The van der Waals surface area contributed by atoms with E-state index in [0.717, 1.165) is 32.1 Å². The number of likely N-dealkylation sites (tertiary alicyclic amines) is 1. The molecule has 5 rings (SSSR count). The number of rotatable bonds is 5. The van der Waals surface area contributed by atoms with E-state index in [1.54, 1.807) is 6.07 Å². The number of pyridine rings is 1. The Balaban J connectivity index is 1.20. The van der Waals surface area contributed by atoms with Crippen molar-refractivity contribution in [2.45, 2.75) is 76.8 Å². The average Bonchev–Trinajstić information content (AvgIpc) is 3.36. The molecule has 1 unspecified atom stereocenters. The molecule has 2 aromatic rings. The lowest BCUT2D eigenvalue weighted by atomic mass is 9.80. The Morgan fingerprint density at radius 2 is 1.72 bits per heavy atom. The van der Waals surface area contributed by atoms with Crippen molar-refractivity contribution in [1.29, 1.82) is 0 Å². The molecule has 3 aliphatic rings. The van der Waals surface area contributed by atoms with E-state index in [2.05, 4.69) is 20.5 Å². The van der Waals surface area contributed by atoms with Gasteiger partial charge in [-0.2, -0.15) is 13.2 Å². The van der Waals surface area contributed by atoms with Crippen molar-refractivity contribution in [3.63, 3.8) is 0 Å². The highest BCUT2D eigenvalue weighted by atomic mass is 19.4. The molecule has 0 spiro atoms. The fourth-order valence-electron chi connectivity index (χ4n) is 6.56. The van der Waals surface area contributed by atoms with E-state index < -0.39 is 18.4 Å². The lowest BCUT2D eigenvalue weighted by Crippen LogP contribution is -2.47. The summed E-state index contributed by atoms with van der Waals surface area (Å²) in [5.74, 6) is 1.20. The number of hydrogen-bond donors (Lipinski definition) is 1. The Morgan fingerprint density at radius 3 is 2.31 bits per heavy atom. The summed E-state index contributed by atoms with van der Waals surface area (Å²) in [6, 6.07) is 6.15. The molecule has 1 saturated carbocycles. The predicted octanol–water partition coefficient (Wildman–Crippen LogP) is 5.66. The number of hydrogen-bond acceptors (Lipinski definition) is 6. The van der Waals surface area contributed by atoms with E-state index in [9.17, 15) is 13.2 Å². The Morgan fingerprint density at radius 1 is 1.06 bits per heavy atom. The Bertz CT molecular complexity index is 1130. The van der Waals surface area contributed by atoms with Gasteiger partial charge in [-0.3, -0.25) is 4.98 Å². The molecular weight excluding hydrogens is 467 g/mol. The topological polar surface area (TPSA) is 63.2 Å². The summed E-state index contributed by atoms with van der Waals surface area (Å²) in [6.45, 7) is 8.25. The molecule has 36 heavy (non-hydrogen) atoms. The second kappa shape index (κ2) is 9.24. The van der Waals surface area contributed by atoms with Gasteiger partial charge in [0.2, 0.25) is 0 Å². The standard InChI is InChI=1S/C27H36F3N5O/c1-25(2)12-17(13-26(3,4)36-25)14-35-15-18-10-20(11-19(18)16-35)32-23-8-7-22(33-34-23)21-6-5-9-31-24(21)27(28,29)30/h5-9,17-20H,10-16H2,1-4H3,(H,32,34)/t18-,19+,20?/i14D2. The summed E-state index contributed by atoms with van der Waals surface area (Å²) in [7, 11) is 0. The summed E-state index contributed by atoms with van der Waals surface area (Å²) in [5.41, 5.74) is -1.66. The van der Waals surface area contributed by atoms with Gasteiger partial charge in [-0.05, 0) is 95.4 Å². The normalized spacial score (nSPS) is 29.5. The second-order valence-corrected chi connectivity index (χ2v) is 11.8. The molecule has 2 aliphatic heterocycles. The maximum Gasteiger partial charge on any atom is 0.434 e. The first-order valence-electron chi connectivity index (χ1n) is 13.7. The third kappa shape index (κ3) is 5.67. The highest BCUT2D eigenvalue weighted by Gasteiger charge is 2.44. The van der Waals surface area contributed by atoms with Crippen LogP contribution in [-0.4, -0.2) is 56.9 Å². The summed E-state index contributed by atoms with van der Waals surface area (Å²) < 4.78 is 64.2. The zero-order valence-electron chi connectivity index (χ0n) is 23.3. The summed E-state index contributed by atoms with van der Waals surface area (Å²) >= 11 is 0. The minimum atomic E-state index is -4.57. The maximum atomic E-state index is 13.3. The zero-order valence-corrected chi connectivity index (χ0v) is 21.3. The predicted molar refractivity (Wildman–Crippen MR) is 132 cm³/mol. The molecule has 2 aromatic heterocycles. The van der Waals surface area contributed by atoms with E-state index >= 15 is 0 Å². The number of halogens is 3. The van der Waals surface area contributed by atoms with Gasteiger partial charge in [0.15, 0.2) is 5.69 Å². The van der Waals surface area contributed by atoms with Crippen LogP contribution in [-0.2, 0) is 10.9 Å². The number of anilines is 1. The summed E-state index contributed by atoms with van der Waals surface area (Å²) in [6.07, 6.45) is -0.282. The van der Waals surface area contributed by atoms with E-state index in [-0.39, 0.29) is 34.4 Å². The number of alkyl halides is 3. The average molecular weight is 506 g/mol. The maximum absolute atomic E-state index is 13.3. The van der Waals surface area contributed by atoms with Crippen molar-refractivity contribution < 1.29 is 20.6 Å². The smallest absolute Gasteiger partial charge is 0.370 e. The first-order valence-corrected chi connectivity index (χ1v) is 12.7. The number of aromatic nitrogens is 3. The van der Waals surface area contributed by atoms with E-state index in [1.807, 2.05) is 32.6 Å². The highest BCUT2D eigenvalue weighted by Crippen LogP contribution is 2.42. The van der Waals surface area contributed by atoms with Crippen molar-refractivity contribution in [1.82, 2.24) is 20.1 Å². The molecule has 2 saturated heterocycles. The number of nitrogens with zero attached hydrogens (tertiary/aromatic N) is 4. The highest BCUT2D eigenvalue weighted by molar-refractivity contribution is 5.62. The van der Waals surface area contributed by atoms with Crippen LogP contribution in [0.1, 0.15) is 61.8 Å². The molecule has 0 radical (unpaired) electrons.